The largest absolute Gasteiger partial charge is 0.440 e. The SMILES string of the molecule is O=C1c2c(oc3c(Br)sc(Br)c23)S(=O)(=O)N1c1ccc(CCCCCCBr)s1. The fourth-order valence-corrected chi connectivity index (χ4v) is 9.29. The molecule has 0 radical (unpaired) electrons. The van der Waals surface area contributed by atoms with Gasteiger partial charge in [-0.2, -0.15) is 12.7 Å². The van der Waals surface area contributed by atoms with E-state index >= 15 is 0 Å². The van der Waals surface area contributed by atoms with Crippen molar-refractivity contribution in [3.05, 3.63) is 30.1 Å². The van der Waals surface area contributed by atoms with Gasteiger partial charge in [0.2, 0.25) is 0 Å². The molecule has 11 heteroatoms. The third-order valence-electron chi connectivity index (χ3n) is 4.46. The van der Waals surface area contributed by atoms with Crippen LogP contribution in [0.15, 0.2) is 29.2 Å². The van der Waals surface area contributed by atoms with Gasteiger partial charge in [0.25, 0.3) is 11.0 Å². The van der Waals surface area contributed by atoms with Gasteiger partial charge in [-0.25, -0.2) is 0 Å². The Morgan fingerprint density at radius 2 is 1.79 bits per heavy atom. The lowest BCUT2D eigenvalue weighted by molar-refractivity contribution is 0.101. The summed E-state index contributed by atoms with van der Waals surface area (Å²) in [6.45, 7) is 0. The van der Waals surface area contributed by atoms with Crippen LogP contribution < -0.4 is 4.31 Å². The lowest BCUT2D eigenvalue weighted by Crippen LogP contribution is -2.29. The van der Waals surface area contributed by atoms with Gasteiger partial charge in [0.05, 0.1) is 9.17 Å². The monoisotopic (exact) mass is 629 g/mol. The molecule has 0 spiro atoms. The molecule has 150 valence electrons. The fourth-order valence-electron chi connectivity index (χ4n) is 3.16. The number of carbonyl (C=O) groups excluding carboxylic acids is 1. The molecule has 0 aliphatic carbocycles. The Bertz CT molecular complexity index is 1160. The minimum absolute atomic E-state index is 0.105. The molecule has 28 heavy (non-hydrogen) atoms. The summed E-state index contributed by atoms with van der Waals surface area (Å²) in [5, 5.41) is 1.65. The molecular weight excluding hydrogens is 618 g/mol. The van der Waals surface area contributed by atoms with Gasteiger partial charge < -0.3 is 4.42 Å². The fraction of sp³-hybridized carbons (Fsp3) is 0.353. The van der Waals surface area contributed by atoms with E-state index in [1.54, 1.807) is 6.07 Å². The number of furan rings is 1. The van der Waals surface area contributed by atoms with Crippen molar-refractivity contribution in [1.82, 2.24) is 0 Å². The van der Waals surface area contributed by atoms with Crippen molar-refractivity contribution in [3.8, 4) is 0 Å². The second-order valence-corrected chi connectivity index (χ2v) is 13.6. The third-order valence-corrected chi connectivity index (χ3v) is 10.3. The predicted octanol–water partition coefficient (Wildman–Crippen LogP) is 6.93. The van der Waals surface area contributed by atoms with Crippen LogP contribution in [0.3, 0.4) is 0 Å². The normalized spacial score (nSPS) is 15.7. The number of aryl methyl sites for hydroxylation is 1. The molecule has 0 saturated carbocycles. The van der Waals surface area contributed by atoms with E-state index in [-0.39, 0.29) is 10.7 Å². The molecule has 0 aromatic carbocycles. The van der Waals surface area contributed by atoms with Gasteiger partial charge in [0, 0.05) is 10.2 Å². The van der Waals surface area contributed by atoms with Crippen LogP contribution in [0, 0.1) is 0 Å². The van der Waals surface area contributed by atoms with Crippen LogP contribution in [0.5, 0.6) is 0 Å². The van der Waals surface area contributed by atoms with E-state index in [9.17, 15) is 13.2 Å². The van der Waals surface area contributed by atoms with E-state index in [1.807, 2.05) is 6.07 Å². The maximum absolute atomic E-state index is 13.0. The topological polar surface area (TPSA) is 67.6 Å². The molecule has 0 bridgehead atoms. The van der Waals surface area contributed by atoms with Crippen LogP contribution in [0.1, 0.15) is 40.9 Å². The Labute approximate surface area is 195 Å². The Hall–Kier alpha value is -0.200. The Morgan fingerprint density at radius 3 is 2.54 bits per heavy atom. The molecule has 0 fully saturated rings. The average molecular weight is 632 g/mol. The van der Waals surface area contributed by atoms with Gasteiger partial charge in [-0.1, -0.05) is 28.8 Å². The van der Waals surface area contributed by atoms with Crippen LogP contribution in [0.25, 0.3) is 11.0 Å². The zero-order valence-corrected chi connectivity index (χ0v) is 21.5. The Morgan fingerprint density at radius 1 is 1.04 bits per heavy atom. The number of carbonyl (C=O) groups is 1. The summed E-state index contributed by atoms with van der Waals surface area (Å²) in [6, 6.07) is 3.61. The lowest BCUT2D eigenvalue weighted by Gasteiger charge is -2.12. The number of sulfonamides is 1. The first-order valence-electron chi connectivity index (χ1n) is 8.51. The number of anilines is 1. The van der Waals surface area contributed by atoms with Crippen molar-refractivity contribution < 1.29 is 17.6 Å². The molecular formula is C17H14Br3NO4S3. The number of nitrogens with zero attached hydrogens (tertiary/aromatic N) is 1. The van der Waals surface area contributed by atoms with E-state index in [0.717, 1.165) is 40.2 Å². The van der Waals surface area contributed by atoms with Crippen molar-refractivity contribution in [3.63, 3.8) is 0 Å². The number of alkyl halides is 1. The van der Waals surface area contributed by atoms with Crippen molar-refractivity contribution in [2.75, 3.05) is 9.64 Å². The smallest absolute Gasteiger partial charge is 0.306 e. The highest BCUT2D eigenvalue weighted by molar-refractivity contribution is 9.12. The van der Waals surface area contributed by atoms with Crippen LogP contribution in [-0.4, -0.2) is 19.7 Å². The summed E-state index contributed by atoms with van der Waals surface area (Å²) < 4.78 is 33.8. The summed E-state index contributed by atoms with van der Waals surface area (Å²) in [7, 11) is -4.05. The molecule has 4 rings (SSSR count). The van der Waals surface area contributed by atoms with E-state index in [1.165, 1.54) is 29.1 Å². The number of hydrogen-bond donors (Lipinski definition) is 0. The number of rotatable bonds is 7. The second-order valence-electron chi connectivity index (χ2n) is 6.29. The molecule has 3 aromatic rings. The van der Waals surface area contributed by atoms with Gasteiger partial charge in [-0.15, -0.1) is 22.7 Å². The number of unbranched alkanes of at least 4 members (excludes halogenated alkanes) is 3. The number of amides is 1. The first-order valence-corrected chi connectivity index (χ1v) is 14.3. The van der Waals surface area contributed by atoms with Gasteiger partial charge in [0.15, 0.2) is 5.58 Å². The Balaban J connectivity index is 1.62. The minimum Gasteiger partial charge on any atom is -0.440 e. The highest BCUT2D eigenvalue weighted by atomic mass is 79.9. The van der Waals surface area contributed by atoms with Gasteiger partial charge in [-0.3, -0.25) is 4.79 Å². The average Bonchev–Trinajstić information content (AvgIpc) is 3.34. The van der Waals surface area contributed by atoms with E-state index in [2.05, 4.69) is 47.8 Å². The number of halogens is 3. The van der Waals surface area contributed by atoms with Gasteiger partial charge in [-0.05, 0) is 63.3 Å². The lowest BCUT2D eigenvalue weighted by atomic mass is 10.1. The molecule has 0 saturated heterocycles. The zero-order valence-electron chi connectivity index (χ0n) is 14.3. The number of thiophene rings is 2. The molecule has 0 N–H and O–H groups in total. The molecule has 0 unspecified atom stereocenters. The van der Waals surface area contributed by atoms with Crippen molar-refractivity contribution in [2.45, 2.75) is 37.2 Å². The molecule has 3 aromatic heterocycles. The number of hydrogen-bond acceptors (Lipinski definition) is 6. The molecule has 1 aliphatic heterocycles. The van der Waals surface area contributed by atoms with Crippen molar-refractivity contribution in [2.24, 2.45) is 0 Å². The maximum Gasteiger partial charge on any atom is 0.306 e. The summed E-state index contributed by atoms with van der Waals surface area (Å²) in [5.74, 6) is -0.564. The molecule has 0 atom stereocenters. The van der Waals surface area contributed by atoms with E-state index in [4.69, 9.17) is 4.42 Å². The highest BCUT2D eigenvalue weighted by Crippen LogP contribution is 2.49. The second kappa shape index (κ2) is 8.14. The van der Waals surface area contributed by atoms with Crippen molar-refractivity contribution >= 4 is 102 Å². The highest BCUT2D eigenvalue weighted by Gasteiger charge is 2.49. The maximum atomic E-state index is 13.0. The standard InChI is InChI=1S/C17H14Br3NO4S3/c18-8-4-2-1-3-5-9-6-7-10(26-9)21-16(22)12-11-13(15(20)27-14(11)19)25-17(12)28(21,23)24/h6-7H,1-5,8H2. The quantitative estimate of drug-likeness (QED) is 0.210. The first-order chi connectivity index (χ1) is 13.4. The Kier molecular flexibility index (Phi) is 6.12. The van der Waals surface area contributed by atoms with Gasteiger partial charge >= 0.3 is 10.0 Å². The molecule has 1 amide bonds. The van der Waals surface area contributed by atoms with Crippen LogP contribution >= 0.6 is 70.5 Å². The van der Waals surface area contributed by atoms with E-state index < -0.39 is 15.9 Å². The van der Waals surface area contributed by atoms with Crippen LogP contribution in [0.2, 0.25) is 0 Å². The predicted molar refractivity (Wildman–Crippen MR) is 124 cm³/mol. The van der Waals surface area contributed by atoms with Crippen LogP contribution in [-0.2, 0) is 16.4 Å². The first kappa shape index (κ1) is 21.0. The summed E-state index contributed by atoms with van der Waals surface area (Å²) in [6.07, 6.45) is 5.39. The number of fused-ring (bicyclic) bond motifs is 3. The summed E-state index contributed by atoms with van der Waals surface area (Å²) in [5.41, 5.74) is 0.488. The third kappa shape index (κ3) is 3.45. The van der Waals surface area contributed by atoms with Crippen LogP contribution in [0.4, 0.5) is 5.00 Å². The molecule has 5 nitrogen and oxygen atoms in total. The zero-order chi connectivity index (χ0) is 20.1. The molecule has 1 aliphatic rings. The van der Waals surface area contributed by atoms with E-state index in [0.29, 0.717) is 23.5 Å². The van der Waals surface area contributed by atoms with Gasteiger partial charge in [0.1, 0.15) is 14.4 Å². The minimum atomic E-state index is -4.05. The summed E-state index contributed by atoms with van der Waals surface area (Å²) in [4.78, 5) is 14.1. The summed E-state index contributed by atoms with van der Waals surface area (Å²) >= 11 is 12.9. The molecule has 4 heterocycles. The van der Waals surface area contributed by atoms with Crippen molar-refractivity contribution in [1.29, 1.82) is 0 Å².